The standard InChI is InChI=1S/C20H20ClFN2O2/c21-17-13-16(6-7-18(17)22)23-20(26)15-8-10-24(11-9-15)19(25)12-14-4-2-1-3-5-14/h1-7,13,15H,8-12H2,(H,23,26). The first-order valence-electron chi connectivity index (χ1n) is 8.60. The average Bonchev–Trinajstić information content (AvgIpc) is 2.65. The Kier molecular flexibility index (Phi) is 5.89. The lowest BCUT2D eigenvalue weighted by Gasteiger charge is -2.31. The molecule has 3 rings (SSSR count). The van der Waals surface area contributed by atoms with Gasteiger partial charge in [0.15, 0.2) is 0 Å². The fourth-order valence-electron chi connectivity index (χ4n) is 3.09. The molecule has 1 fully saturated rings. The zero-order chi connectivity index (χ0) is 18.5. The second-order valence-electron chi connectivity index (χ2n) is 6.44. The highest BCUT2D eigenvalue weighted by atomic mass is 35.5. The molecule has 1 heterocycles. The van der Waals surface area contributed by atoms with E-state index in [0.29, 0.717) is 38.0 Å². The van der Waals surface area contributed by atoms with Gasteiger partial charge >= 0.3 is 0 Å². The molecule has 0 radical (unpaired) electrons. The quantitative estimate of drug-likeness (QED) is 0.882. The third-order valence-corrected chi connectivity index (χ3v) is 4.89. The zero-order valence-electron chi connectivity index (χ0n) is 14.3. The molecule has 0 aliphatic carbocycles. The summed E-state index contributed by atoms with van der Waals surface area (Å²) in [6.45, 7) is 1.13. The lowest BCUT2D eigenvalue weighted by atomic mass is 9.95. The van der Waals surface area contributed by atoms with Gasteiger partial charge in [-0.05, 0) is 36.6 Å². The predicted octanol–water partition coefficient (Wildman–Crippen LogP) is 3.90. The van der Waals surface area contributed by atoms with E-state index in [0.717, 1.165) is 5.56 Å². The van der Waals surface area contributed by atoms with Crippen LogP contribution in [0.25, 0.3) is 0 Å². The van der Waals surface area contributed by atoms with Crippen molar-refractivity contribution in [1.82, 2.24) is 4.90 Å². The summed E-state index contributed by atoms with van der Waals surface area (Å²) in [5.74, 6) is -0.724. The molecule has 0 aromatic heterocycles. The van der Waals surface area contributed by atoms with Crippen molar-refractivity contribution in [3.8, 4) is 0 Å². The van der Waals surface area contributed by atoms with Crippen LogP contribution in [0.3, 0.4) is 0 Å². The normalized spacial score (nSPS) is 14.9. The highest BCUT2D eigenvalue weighted by Crippen LogP contribution is 2.23. The van der Waals surface area contributed by atoms with Crippen LogP contribution in [-0.4, -0.2) is 29.8 Å². The number of nitrogens with one attached hydrogen (secondary N) is 1. The van der Waals surface area contributed by atoms with E-state index in [-0.39, 0.29) is 22.8 Å². The molecule has 1 aliphatic heterocycles. The van der Waals surface area contributed by atoms with E-state index in [9.17, 15) is 14.0 Å². The van der Waals surface area contributed by atoms with E-state index in [1.165, 1.54) is 18.2 Å². The number of carbonyl (C=O) groups excluding carboxylic acids is 2. The Bertz CT molecular complexity index is 790. The molecule has 0 atom stereocenters. The van der Waals surface area contributed by atoms with Crippen molar-refractivity contribution >= 4 is 29.1 Å². The van der Waals surface area contributed by atoms with E-state index < -0.39 is 5.82 Å². The molecule has 2 amide bonds. The van der Waals surface area contributed by atoms with Crippen molar-refractivity contribution in [1.29, 1.82) is 0 Å². The number of hydrogen-bond acceptors (Lipinski definition) is 2. The van der Waals surface area contributed by atoms with Gasteiger partial charge in [-0.1, -0.05) is 41.9 Å². The Morgan fingerprint density at radius 3 is 2.46 bits per heavy atom. The van der Waals surface area contributed by atoms with Crippen LogP contribution in [0.2, 0.25) is 5.02 Å². The van der Waals surface area contributed by atoms with Crippen LogP contribution in [0.1, 0.15) is 18.4 Å². The summed E-state index contributed by atoms with van der Waals surface area (Å²) in [6.07, 6.45) is 1.61. The number of likely N-dealkylation sites (tertiary alicyclic amines) is 1. The summed E-state index contributed by atoms with van der Waals surface area (Å²) in [4.78, 5) is 26.6. The van der Waals surface area contributed by atoms with Gasteiger partial charge in [0, 0.05) is 24.7 Å². The van der Waals surface area contributed by atoms with Crippen molar-refractivity contribution < 1.29 is 14.0 Å². The highest BCUT2D eigenvalue weighted by molar-refractivity contribution is 6.31. The molecule has 2 aromatic rings. The lowest BCUT2D eigenvalue weighted by Crippen LogP contribution is -2.42. The van der Waals surface area contributed by atoms with Crippen molar-refractivity contribution in [3.63, 3.8) is 0 Å². The average molecular weight is 375 g/mol. The van der Waals surface area contributed by atoms with Crippen molar-refractivity contribution in [3.05, 3.63) is 64.9 Å². The zero-order valence-corrected chi connectivity index (χ0v) is 15.0. The smallest absolute Gasteiger partial charge is 0.227 e. The first-order chi connectivity index (χ1) is 12.5. The summed E-state index contributed by atoms with van der Waals surface area (Å²) < 4.78 is 13.2. The minimum absolute atomic E-state index is 0.0240. The van der Waals surface area contributed by atoms with Crippen LogP contribution in [-0.2, 0) is 16.0 Å². The Morgan fingerprint density at radius 1 is 1.12 bits per heavy atom. The van der Waals surface area contributed by atoms with Gasteiger partial charge in [0.2, 0.25) is 11.8 Å². The molecule has 1 N–H and O–H groups in total. The maximum Gasteiger partial charge on any atom is 0.227 e. The SMILES string of the molecule is O=C(Nc1ccc(F)c(Cl)c1)C1CCN(C(=O)Cc2ccccc2)CC1. The van der Waals surface area contributed by atoms with Crippen LogP contribution in [0.15, 0.2) is 48.5 Å². The first kappa shape index (κ1) is 18.4. The minimum atomic E-state index is -0.519. The topological polar surface area (TPSA) is 49.4 Å². The van der Waals surface area contributed by atoms with Gasteiger partial charge in [-0.15, -0.1) is 0 Å². The number of nitrogens with zero attached hydrogens (tertiary/aromatic N) is 1. The van der Waals surface area contributed by atoms with Crippen LogP contribution >= 0.6 is 11.6 Å². The molecule has 0 bridgehead atoms. The number of halogens is 2. The molecule has 4 nitrogen and oxygen atoms in total. The number of amides is 2. The molecule has 2 aromatic carbocycles. The highest BCUT2D eigenvalue weighted by Gasteiger charge is 2.27. The molecule has 26 heavy (non-hydrogen) atoms. The van der Waals surface area contributed by atoms with Gasteiger partial charge in [-0.3, -0.25) is 9.59 Å². The van der Waals surface area contributed by atoms with Crippen LogP contribution in [0, 0.1) is 11.7 Å². The summed E-state index contributed by atoms with van der Waals surface area (Å²) >= 11 is 5.73. The van der Waals surface area contributed by atoms with E-state index in [1.54, 1.807) is 0 Å². The third-order valence-electron chi connectivity index (χ3n) is 4.60. The number of rotatable bonds is 4. The number of piperidine rings is 1. The van der Waals surface area contributed by atoms with E-state index in [2.05, 4.69) is 5.32 Å². The fraction of sp³-hybridized carbons (Fsp3) is 0.300. The molecule has 0 spiro atoms. The number of carbonyl (C=O) groups is 2. The molecular weight excluding hydrogens is 355 g/mol. The van der Waals surface area contributed by atoms with Crippen molar-refractivity contribution in [2.75, 3.05) is 18.4 Å². The Labute approximate surface area is 157 Å². The summed E-state index contributed by atoms with van der Waals surface area (Å²) in [5, 5.41) is 2.75. The summed E-state index contributed by atoms with van der Waals surface area (Å²) in [6, 6.07) is 13.7. The first-order valence-corrected chi connectivity index (χ1v) is 8.98. The van der Waals surface area contributed by atoms with Gasteiger partial charge in [-0.25, -0.2) is 4.39 Å². The monoisotopic (exact) mass is 374 g/mol. The van der Waals surface area contributed by atoms with Crippen molar-refractivity contribution in [2.24, 2.45) is 5.92 Å². The maximum atomic E-state index is 13.2. The molecular formula is C20H20ClFN2O2. The van der Waals surface area contributed by atoms with Gasteiger partial charge < -0.3 is 10.2 Å². The van der Waals surface area contributed by atoms with E-state index >= 15 is 0 Å². The maximum absolute atomic E-state index is 13.2. The van der Waals surface area contributed by atoms with Gasteiger partial charge in [0.1, 0.15) is 5.82 Å². The second kappa shape index (κ2) is 8.32. The summed E-state index contributed by atoms with van der Waals surface area (Å²) in [5.41, 5.74) is 1.47. The Balaban J connectivity index is 1.50. The predicted molar refractivity (Wildman–Crippen MR) is 99.5 cm³/mol. The van der Waals surface area contributed by atoms with Crippen LogP contribution < -0.4 is 5.32 Å². The van der Waals surface area contributed by atoms with E-state index in [4.69, 9.17) is 11.6 Å². The van der Waals surface area contributed by atoms with E-state index in [1.807, 2.05) is 35.2 Å². The summed E-state index contributed by atoms with van der Waals surface area (Å²) in [7, 11) is 0. The molecule has 0 saturated carbocycles. The largest absolute Gasteiger partial charge is 0.342 e. The number of benzene rings is 2. The fourth-order valence-corrected chi connectivity index (χ4v) is 3.27. The van der Waals surface area contributed by atoms with Crippen LogP contribution in [0.4, 0.5) is 10.1 Å². The molecule has 0 unspecified atom stereocenters. The molecule has 6 heteroatoms. The lowest BCUT2D eigenvalue weighted by molar-refractivity contribution is -0.133. The third kappa shape index (κ3) is 4.61. The minimum Gasteiger partial charge on any atom is -0.342 e. The molecule has 1 saturated heterocycles. The Morgan fingerprint density at radius 2 is 1.81 bits per heavy atom. The van der Waals surface area contributed by atoms with Crippen molar-refractivity contribution in [2.45, 2.75) is 19.3 Å². The molecule has 136 valence electrons. The van der Waals surface area contributed by atoms with Gasteiger partial charge in [0.05, 0.1) is 11.4 Å². The Hall–Kier alpha value is -2.40. The second-order valence-corrected chi connectivity index (χ2v) is 6.84. The van der Waals surface area contributed by atoms with Gasteiger partial charge in [0.25, 0.3) is 0 Å². The number of anilines is 1. The number of hydrogen-bond donors (Lipinski definition) is 1. The van der Waals surface area contributed by atoms with Gasteiger partial charge in [-0.2, -0.15) is 0 Å². The van der Waals surface area contributed by atoms with Crippen LogP contribution in [0.5, 0.6) is 0 Å². The molecule has 1 aliphatic rings.